The zero-order chi connectivity index (χ0) is 35.1. The number of phosphoric ester groups is 1. The van der Waals surface area contributed by atoms with Crippen LogP contribution in [-0.2, 0) is 32.7 Å². The summed E-state index contributed by atoms with van der Waals surface area (Å²) >= 11 is 0. The molecule has 0 spiro atoms. The summed E-state index contributed by atoms with van der Waals surface area (Å²) in [5, 5.41) is 49.7. The summed E-state index contributed by atoms with van der Waals surface area (Å²) in [6.07, 6.45) is 6.49. The number of aliphatic hydroxyl groups is 5. The maximum Gasteiger partial charge on any atom is 0.472 e. The lowest BCUT2D eigenvalue weighted by Crippen LogP contribution is -2.64. The van der Waals surface area contributed by atoms with Crippen LogP contribution in [0, 0.1) is 0 Å². The second kappa shape index (κ2) is 25.8. The lowest BCUT2D eigenvalue weighted by molar-refractivity contribution is -0.220. The molecule has 0 aliphatic heterocycles. The first-order valence-electron chi connectivity index (χ1n) is 17.8. The van der Waals surface area contributed by atoms with Gasteiger partial charge in [-0.25, -0.2) is 4.57 Å². The highest BCUT2D eigenvalue weighted by molar-refractivity contribution is 7.47. The number of aliphatic hydroxyl groups excluding tert-OH is 5. The maximum atomic E-state index is 12.7. The molecule has 0 aromatic carbocycles. The Morgan fingerprint density at radius 2 is 0.957 bits per heavy atom. The minimum Gasteiger partial charge on any atom is -0.462 e. The van der Waals surface area contributed by atoms with Crippen molar-refractivity contribution in [3.8, 4) is 0 Å². The number of hydrogen-bond acceptors (Lipinski definition) is 12. The van der Waals surface area contributed by atoms with Crippen molar-refractivity contribution >= 4 is 19.8 Å². The second-order valence-electron chi connectivity index (χ2n) is 12.7. The maximum absolute atomic E-state index is 12.7. The summed E-state index contributed by atoms with van der Waals surface area (Å²) in [4.78, 5) is 35.2. The van der Waals surface area contributed by atoms with Crippen molar-refractivity contribution in [2.24, 2.45) is 0 Å². The summed E-state index contributed by atoms with van der Waals surface area (Å²) in [6.45, 7) is 3.18. The molecule has 1 rings (SSSR count). The van der Waals surface area contributed by atoms with E-state index < -0.39 is 75.7 Å². The van der Waals surface area contributed by atoms with E-state index in [2.05, 4.69) is 13.8 Å². The number of unbranched alkanes of at least 4 members (excludes halogenated alkanes) is 16. The Morgan fingerprint density at radius 3 is 1.40 bits per heavy atom. The molecule has 0 amide bonds. The number of phosphoric acid groups is 1. The third kappa shape index (κ3) is 19.6. The van der Waals surface area contributed by atoms with Gasteiger partial charge in [0.05, 0.1) is 6.61 Å². The number of ether oxygens (including phenoxy) is 2. The molecule has 6 unspecified atom stereocenters. The van der Waals surface area contributed by atoms with Crippen molar-refractivity contribution in [3.63, 3.8) is 0 Å². The SMILES string of the molecule is CCCCCCCCCCCCCC(=O)O[C@H](COC(=O)CCCCCCCCC)COP(=O)(O)OC1C(O)C(O)C(O)[C@@H](O)C1O. The van der Waals surface area contributed by atoms with Crippen LogP contribution in [0.4, 0.5) is 0 Å². The zero-order valence-corrected chi connectivity index (χ0v) is 29.5. The fraction of sp³-hybridized carbons (Fsp3) is 0.939. The van der Waals surface area contributed by atoms with Gasteiger partial charge in [-0.05, 0) is 12.8 Å². The number of carbonyl (C=O) groups excluding carboxylic acids is 2. The number of rotatable bonds is 28. The average molecular weight is 699 g/mol. The Bertz CT molecular complexity index is 859. The topological polar surface area (TPSA) is 210 Å². The molecule has 14 heteroatoms. The van der Waals surface area contributed by atoms with Crippen LogP contribution in [-0.4, -0.2) is 98.3 Å². The van der Waals surface area contributed by atoms with Gasteiger partial charge in [-0.15, -0.1) is 0 Å². The zero-order valence-electron chi connectivity index (χ0n) is 28.6. The first-order chi connectivity index (χ1) is 22.4. The van der Waals surface area contributed by atoms with Crippen LogP contribution in [0.1, 0.15) is 142 Å². The van der Waals surface area contributed by atoms with Crippen LogP contribution in [0.15, 0.2) is 0 Å². The van der Waals surface area contributed by atoms with E-state index in [9.17, 15) is 44.6 Å². The molecule has 6 N–H and O–H groups in total. The van der Waals surface area contributed by atoms with Gasteiger partial charge in [-0.2, -0.15) is 0 Å². The third-order valence-corrected chi connectivity index (χ3v) is 9.43. The molecular weight excluding hydrogens is 635 g/mol. The number of carbonyl (C=O) groups is 2. The monoisotopic (exact) mass is 698 g/mol. The van der Waals surface area contributed by atoms with Crippen LogP contribution in [0.3, 0.4) is 0 Å². The van der Waals surface area contributed by atoms with Gasteiger partial charge < -0.3 is 39.9 Å². The molecule has 1 aliphatic carbocycles. The smallest absolute Gasteiger partial charge is 0.462 e. The van der Waals surface area contributed by atoms with Crippen LogP contribution < -0.4 is 0 Å². The van der Waals surface area contributed by atoms with Gasteiger partial charge in [0.2, 0.25) is 0 Å². The quantitative estimate of drug-likeness (QED) is 0.0375. The van der Waals surface area contributed by atoms with Crippen molar-refractivity contribution in [3.05, 3.63) is 0 Å². The van der Waals surface area contributed by atoms with E-state index in [1.54, 1.807) is 0 Å². The van der Waals surface area contributed by atoms with Crippen molar-refractivity contribution in [2.75, 3.05) is 13.2 Å². The van der Waals surface area contributed by atoms with E-state index >= 15 is 0 Å². The highest BCUT2D eigenvalue weighted by Crippen LogP contribution is 2.47. The molecule has 0 bridgehead atoms. The summed E-state index contributed by atoms with van der Waals surface area (Å²) in [6, 6.07) is 0. The fourth-order valence-corrected chi connectivity index (χ4v) is 6.43. The Balaban J connectivity index is 2.58. The van der Waals surface area contributed by atoms with Gasteiger partial charge in [0.15, 0.2) is 6.10 Å². The Kier molecular flexibility index (Phi) is 24.1. The molecule has 0 saturated heterocycles. The second-order valence-corrected chi connectivity index (χ2v) is 14.1. The van der Waals surface area contributed by atoms with E-state index in [1.165, 1.54) is 44.9 Å². The lowest BCUT2D eigenvalue weighted by Gasteiger charge is -2.41. The molecule has 1 fully saturated rings. The van der Waals surface area contributed by atoms with E-state index in [4.69, 9.17) is 18.5 Å². The van der Waals surface area contributed by atoms with Crippen LogP contribution in [0.2, 0.25) is 0 Å². The predicted octanol–water partition coefficient (Wildman–Crippen LogP) is 4.60. The van der Waals surface area contributed by atoms with E-state index in [-0.39, 0.29) is 12.8 Å². The first kappa shape index (κ1) is 43.9. The van der Waals surface area contributed by atoms with Crippen LogP contribution >= 0.6 is 7.82 Å². The van der Waals surface area contributed by atoms with Gasteiger partial charge in [-0.3, -0.25) is 18.6 Å². The fourth-order valence-electron chi connectivity index (χ4n) is 5.46. The Hall–Kier alpha value is -1.15. The molecule has 278 valence electrons. The highest BCUT2D eigenvalue weighted by Gasteiger charge is 2.51. The lowest BCUT2D eigenvalue weighted by atomic mass is 9.85. The van der Waals surface area contributed by atoms with Crippen LogP contribution in [0.25, 0.3) is 0 Å². The molecule has 1 saturated carbocycles. The van der Waals surface area contributed by atoms with Crippen molar-refractivity contribution in [2.45, 2.75) is 185 Å². The van der Waals surface area contributed by atoms with E-state index in [0.717, 1.165) is 57.8 Å². The molecular formula is C33H63O13P. The molecule has 0 heterocycles. The van der Waals surface area contributed by atoms with E-state index in [0.29, 0.717) is 12.8 Å². The predicted molar refractivity (Wildman–Crippen MR) is 175 cm³/mol. The van der Waals surface area contributed by atoms with Gasteiger partial charge in [0.25, 0.3) is 0 Å². The van der Waals surface area contributed by atoms with Gasteiger partial charge in [0.1, 0.15) is 43.2 Å². The molecule has 0 aromatic rings. The molecule has 0 aromatic heterocycles. The highest BCUT2D eigenvalue weighted by atomic mass is 31.2. The minimum atomic E-state index is -5.09. The van der Waals surface area contributed by atoms with Gasteiger partial charge in [0, 0.05) is 12.8 Å². The molecule has 13 nitrogen and oxygen atoms in total. The largest absolute Gasteiger partial charge is 0.472 e. The van der Waals surface area contributed by atoms with Crippen LogP contribution in [0.5, 0.6) is 0 Å². The minimum absolute atomic E-state index is 0.103. The molecule has 1 aliphatic rings. The Labute approximate surface area is 281 Å². The summed E-state index contributed by atoms with van der Waals surface area (Å²) in [7, 11) is -5.09. The van der Waals surface area contributed by atoms with Crippen molar-refractivity contribution < 1.29 is 63.1 Å². The van der Waals surface area contributed by atoms with Crippen molar-refractivity contribution in [1.29, 1.82) is 0 Å². The van der Waals surface area contributed by atoms with Gasteiger partial charge in [-0.1, -0.05) is 117 Å². The number of hydrogen-bond donors (Lipinski definition) is 6. The first-order valence-corrected chi connectivity index (χ1v) is 19.3. The van der Waals surface area contributed by atoms with E-state index in [1.807, 2.05) is 0 Å². The number of esters is 2. The third-order valence-electron chi connectivity index (χ3n) is 8.45. The average Bonchev–Trinajstić information content (AvgIpc) is 3.04. The summed E-state index contributed by atoms with van der Waals surface area (Å²) in [5.74, 6) is -1.10. The Morgan fingerprint density at radius 1 is 0.574 bits per heavy atom. The van der Waals surface area contributed by atoms with Gasteiger partial charge >= 0.3 is 19.8 Å². The summed E-state index contributed by atoms with van der Waals surface area (Å²) < 4.78 is 33.1. The summed E-state index contributed by atoms with van der Waals surface area (Å²) in [5.41, 5.74) is 0. The normalized spacial score (nSPS) is 24.9. The van der Waals surface area contributed by atoms with Crippen molar-refractivity contribution in [1.82, 2.24) is 0 Å². The molecule has 0 radical (unpaired) electrons. The standard InChI is InChI=1S/C33H63O13P/c1-3-5-7-9-11-12-13-14-16-18-20-22-27(35)45-25(23-43-26(34)21-19-17-15-10-8-6-4-2)24-44-47(41,42)46-33-31(39)29(37)28(36)30(38)32(33)40/h25,28-33,36-40H,3-24H2,1-2H3,(H,41,42)/t25-,28?,29-,30?,31?,32?,33?/m1/s1. The molecule has 8 atom stereocenters. The molecule has 47 heavy (non-hydrogen) atoms.